The Morgan fingerprint density at radius 1 is 1.29 bits per heavy atom. The van der Waals surface area contributed by atoms with E-state index in [4.69, 9.17) is 0 Å². The van der Waals surface area contributed by atoms with Crippen molar-refractivity contribution in [3.63, 3.8) is 0 Å². The molecule has 2 aromatic rings. The second kappa shape index (κ2) is 5.22. The number of benzene rings is 1. The predicted molar refractivity (Wildman–Crippen MR) is 75.3 cm³/mol. The van der Waals surface area contributed by atoms with Gasteiger partial charge in [-0.25, -0.2) is 0 Å². The van der Waals surface area contributed by atoms with Gasteiger partial charge in [0.2, 0.25) is 0 Å². The molecule has 0 radical (unpaired) electrons. The number of aryl methyl sites for hydroxylation is 2. The quantitative estimate of drug-likeness (QED) is 0.679. The summed E-state index contributed by atoms with van der Waals surface area (Å²) in [4.78, 5) is 0. The van der Waals surface area contributed by atoms with Crippen molar-refractivity contribution in [3.8, 4) is 0 Å². The first-order valence-electron chi connectivity index (χ1n) is 6.37. The summed E-state index contributed by atoms with van der Waals surface area (Å²) in [6.07, 6.45) is 8.11. The highest BCUT2D eigenvalue weighted by atomic mass is 14.9. The molecule has 0 saturated carbocycles. The Morgan fingerprint density at radius 3 is 2.82 bits per heavy atom. The van der Waals surface area contributed by atoms with Gasteiger partial charge in [-0.15, -0.1) is 0 Å². The summed E-state index contributed by atoms with van der Waals surface area (Å²) in [6, 6.07) is 8.66. The van der Waals surface area contributed by atoms with Crippen LogP contribution in [0, 0.1) is 0 Å². The number of para-hydroxylation sites is 1. The number of nitrogens with zero attached hydrogens (tertiary/aromatic N) is 1. The fourth-order valence-corrected chi connectivity index (χ4v) is 2.33. The van der Waals surface area contributed by atoms with Crippen LogP contribution in [0.3, 0.4) is 0 Å². The molecule has 1 heteroatoms. The van der Waals surface area contributed by atoms with Gasteiger partial charge in [0, 0.05) is 24.1 Å². The maximum absolute atomic E-state index is 2.27. The summed E-state index contributed by atoms with van der Waals surface area (Å²) in [7, 11) is 2.13. The van der Waals surface area contributed by atoms with E-state index < -0.39 is 0 Å². The molecule has 0 aliphatic carbocycles. The molecule has 1 aromatic heterocycles. The summed E-state index contributed by atoms with van der Waals surface area (Å²) in [6.45, 7) is 4.33. The van der Waals surface area contributed by atoms with Gasteiger partial charge < -0.3 is 4.57 Å². The van der Waals surface area contributed by atoms with Gasteiger partial charge in [-0.05, 0) is 44.7 Å². The van der Waals surface area contributed by atoms with Gasteiger partial charge in [-0.3, -0.25) is 0 Å². The van der Waals surface area contributed by atoms with Crippen molar-refractivity contribution in [1.82, 2.24) is 4.57 Å². The van der Waals surface area contributed by atoms with Crippen molar-refractivity contribution >= 4 is 10.9 Å². The molecule has 0 aliphatic heterocycles. The van der Waals surface area contributed by atoms with Gasteiger partial charge in [0.1, 0.15) is 0 Å². The van der Waals surface area contributed by atoms with Gasteiger partial charge >= 0.3 is 0 Å². The molecule has 0 fully saturated rings. The van der Waals surface area contributed by atoms with Crippen LogP contribution >= 0.6 is 0 Å². The molecule has 2 rings (SSSR count). The molecule has 0 unspecified atom stereocenters. The number of allylic oxidation sites excluding steroid dienone is 2. The molecule has 0 bridgehead atoms. The average molecular weight is 227 g/mol. The van der Waals surface area contributed by atoms with E-state index in [-0.39, 0.29) is 0 Å². The molecule has 0 aliphatic rings. The number of hydrogen-bond donors (Lipinski definition) is 0. The Kier molecular flexibility index (Phi) is 3.68. The van der Waals surface area contributed by atoms with Crippen molar-refractivity contribution < 1.29 is 0 Å². The SMILES string of the molecule is C/C=C(\C)CCCc1cn(C)c2ccccc12. The number of rotatable bonds is 4. The third kappa shape index (κ3) is 2.60. The number of aromatic nitrogens is 1. The lowest BCUT2D eigenvalue weighted by molar-refractivity contribution is 0.809. The summed E-state index contributed by atoms with van der Waals surface area (Å²) in [5, 5.41) is 1.41. The van der Waals surface area contributed by atoms with E-state index in [1.807, 2.05) is 0 Å². The van der Waals surface area contributed by atoms with Crippen LogP contribution in [0.5, 0.6) is 0 Å². The van der Waals surface area contributed by atoms with Gasteiger partial charge in [-0.2, -0.15) is 0 Å². The van der Waals surface area contributed by atoms with Crippen LogP contribution in [0.2, 0.25) is 0 Å². The van der Waals surface area contributed by atoms with Crippen LogP contribution < -0.4 is 0 Å². The minimum absolute atomic E-state index is 1.17. The van der Waals surface area contributed by atoms with E-state index in [1.54, 1.807) is 0 Å². The topological polar surface area (TPSA) is 4.93 Å². The highest BCUT2D eigenvalue weighted by Crippen LogP contribution is 2.22. The first-order valence-corrected chi connectivity index (χ1v) is 6.37. The maximum Gasteiger partial charge on any atom is 0.0480 e. The lowest BCUT2D eigenvalue weighted by Crippen LogP contribution is -1.85. The normalized spacial score (nSPS) is 12.3. The third-order valence-corrected chi connectivity index (χ3v) is 3.49. The van der Waals surface area contributed by atoms with Crippen molar-refractivity contribution in [1.29, 1.82) is 0 Å². The van der Waals surface area contributed by atoms with E-state index in [2.05, 4.69) is 62.0 Å². The van der Waals surface area contributed by atoms with E-state index in [1.165, 1.54) is 41.3 Å². The molecule has 0 spiro atoms. The minimum Gasteiger partial charge on any atom is -0.350 e. The average Bonchev–Trinajstić information content (AvgIpc) is 2.67. The Hall–Kier alpha value is -1.50. The van der Waals surface area contributed by atoms with E-state index in [0.717, 1.165) is 0 Å². The van der Waals surface area contributed by atoms with Crippen LogP contribution in [0.15, 0.2) is 42.1 Å². The van der Waals surface area contributed by atoms with Crippen LogP contribution in [-0.4, -0.2) is 4.57 Å². The monoisotopic (exact) mass is 227 g/mol. The van der Waals surface area contributed by atoms with Crippen molar-refractivity contribution in [2.24, 2.45) is 7.05 Å². The van der Waals surface area contributed by atoms with Gasteiger partial charge in [-0.1, -0.05) is 29.8 Å². The fraction of sp³-hybridized carbons (Fsp3) is 0.375. The molecule has 1 heterocycles. The third-order valence-electron chi connectivity index (χ3n) is 3.49. The highest BCUT2D eigenvalue weighted by molar-refractivity contribution is 5.83. The zero-order valence-corrected chi connectivity index (χ0v) is 11.0. The van der Waals surface area contributed by atoms with Crippen LogP contribution in [0.1, 0.15) is 32.3 Å². The molecule has 1 aromatic carbocycles. The largest absolute Gasteiger partial charge is 0.350 e. The number of hydrogen-bond acceptors (Lipinski definition) is 0. The standard InChI is InChI=1S/C16H21N/c1-4-13(2)8-7-9-14-12-17(3)16-11-6-5-10-15(14)16/h4-6,10-12H,7-9H2,1-3H3/b13-4+. The Balaban J connectivity index is 2.14. The minimum atomic E-state index is 1.17. The van der Waals surface area contributed by atoms with Crippen LogP contribution in [0.4, 0.5) is 0 Å². The van der Waals surface area contributed by atoms with Crippen LogP contribution in [-0.2, 0) is 13.5 Å². The second-order valence-electron chi connectivity index (χ2n) is 4.77. The zero-order chi connectivity index (χ0) is 12.3. The smallest absolute Gasteiger partial charge is 0.0480 e. The zero-order valence-electron chi connectivity index (χ0n) is 11.0. The fourth-order valence-electron chi connectivity index (χ4n) is 2.33. The summed E-state index contributed by atoms with van der Waals surface area (Å²) < 4.78 is 2.23. The molecule has 0 atom stereocenters. The van der Waals surface area contributed by atoms with Crippen LogP contribution in [0.25, 0.3) is 10.9 Å². The predicted octanol–water partition coefficient (Wildman–Crippen LogP) is 4.47. The first-order chi connectivity index (χ1) is 8.22. The van der Waals surface area contributed by atoms with Crippen molar-refractivity contribution in [3.05, 3.63) is 47.7 Å². The van der Waals surface area contributed by atoms with Crippen molar-refractivity contribution in [2.45, 2.75) is 33.1 Å². The first kappa shape index (κ1) is 12.0. The van der Waals surface area contributed by atoms with Gasteiger partial charge in [0.25, 0.3) is 0 Å². The number of fused-ring (bicyclic) bond motifs is 1. The summed E-state index contributed by atoms with van der Waals surface area (Å²) >= 11 is 0. The molecular weight excluding hydrogens is 206 g/mol. The van der Waals surface area contributed by atoms with E-state index in [0.29, 0.717) is 0 Å². The molecular formula is C16H21N. The molecule has 0 amide bonds. The Labute approximate surface area is 104 Å². The van der Waals surface area contributed by atoms with Gasteiger partial charge in [0.15, 0.2) is 0 Å². The lowest BCUT2D eigenvalue weighted by atomic mass is 10.0. The Morgan fingerprint density at radius 2 is 2.06 bits per heavy atom. The lowest BCUT2D eigenvalue weighted by Gasteiger charge is -2.00. The van der Waals surface area contributed by atoms with E-state index >= 15 is 0 Å². The highest BCUT2D eigenvalue weighted by Gasteiger charge is 2.05. The summed E-state index contributed by atoms with van der Waals surface area (Å²) in [5.74, 6) is 0. The molecule has 90 valence electrons. The Bertz CT molecular complexity index is 531. The maximum atomic E-state index is 2.27. The molecule has 0 saturated heterocycles. The summed E-state index contributed by atoms with van der Waals surface area (Å²) in [5.41, 5.74) is 4.31. The molecule has 17 heavy (non-hydrogen) atoms. The second-order valence-corrected chi connectivity index (χ2v) is 4.77. The van der Waals surface area contributed by atoms with Crippen molar-refractivity contribution in [2.75, 3.05) is 0 Å². The molecule has 0 N–H and O–H groups in total. The molecule has 1 nitrogen and oxygen atoms in total. The van der Waals surface area contributed by atoms with E-state index in [9.17, 15) is 0 Å². The van der Waals surface area contributed by atoms with Gasteiger partial charge in [0.05, 0.1) is 0 Å².